The van der Waals surface area contributed by atoms with Crippen molar-refractivity contribution < 1.29 is 29.0 Å². The van der Waals surface area contributed by atoms with E-state index in [-0.39, 0.29) is 22.8 Å². The standard InChI is InChI=1S/C21H18ClFN2O5/c1-10(21(29)30)24-19(27)9-14-11(2)25(18-6-4-13(26)8-15(14)18)20(28)12-3-5-16(22)17(23)7-12/h3-8,10,26H,9H2,1-2H3,(H,24,27)(H,29,30). The summed E-state index contributed by atoms with van der Waals surface area (Å²) in [6, 6.07) is 6.93. The lowest BCUT2D eigenvalue weighted by Crippen LogP contribution is -2.39. The van der Waals surface area contributed by atoms with Crippen molar-refractivity contribution in [2.75, 3.05) is 0 Å². The maximum absolute atomic E-state index is 13.9. The van der Waals surface area contributed by atoms with E-state index in [0.717, 1.165) is 6.07 Å². The number of carbonyl (C=O) groups excluding carboxylic acids is 2. The van der Waals surface area contributed by atoms with E-state index >= 15 is 0 Å². The lowest BCUT2D eigenvalue weighted by molar-refractivity contribution is -0.141. The molecule has 0 spiro atoms. The number of rotatable bonds is 5. The molecule has 3 N–H and O–H groups in total. The number of fused-ring (bicyclic) bond motifs is 1. The Balaban J connectivity index is 2.09. The van der Waals surface area contributed by atoms with E-state index in [9.17, 15) is 23.9 Å². The molecule has 0 fully saturated rings. The lowest BCUT2D eigenvalue weighted by atomic mass is 10.1. The van der Waals surface area contributed by atoms with Gasteiger partial charge in [0.15, 0.2) is 0 Å². The molecule has 3 aromatic rings. The third kappa shape index (κ3) is 3.99. The number of benzene rings is 2. The quantitative estimate of drug-likeness (QED) is 0.573. The summed E-state index contributed by atoms with van der Waals surface area (Å²) in [5, 5.41) is 21.6. The van der Waals surface area contributed by atoms with Gasteiger partial charge in [-0.1, -0.05) is 11.6 Å². The van der Waals surface area contributed by atoms with Crippen LogP contribution >= 0.6 is 11.6 Å². The Morgan fingerprint density at radius 1 is 1.20 bits per heavy atom. The Morgan fingerprint density at radius 2 is 1.90 bits per heavy atom. The number of halogens is 2. The highest BCUT2D eigenvalue weighted by molar-refractivity contribution is 6.30. The van der Waals surface area contributed by atoms with Crippen molar-refractivity contribution in [3.63, 3.8) is 0 Å². The molecule has 7 nitrogen and oxygen atoms in total. The van der Waals surface area contributed by atoms with Crippen molar-refractivity contribution in [2.45, 2.75) is 26.3 Å². The van der Waals surface area contributed by atoms with Gasteiger partial charge in [0, 0.05) is 16.6 Å². The molecule has 1 amide bonds. The van der Waals surface area contributed by atoms with Crippen LogP contribution in [-0.4, -0.2) is 38.6 Å². The van der Waals surface area contributed by atoms with Gasteiger partial charge in [0.2, 0.25) is 5.91 Å². The minimum absolute atomic E-state index is 0.0560. The van der Waals surface area contributed by atoms with E-state index in [0.29, 0.717) is 22.2 Å². The van der Waals surface area contributed by atoms with Crippen LogP contribution in [0.2, 0.25) is 5.02 Å². The van der Waals surface area contributed by atoms with Crippen LogP contribution in [0, 0.1) is 12.7 Å². The zero-order valence-corrected chi connectivity index (χ0v) is 16.8. The van der Waals surface area contributed by atoms with E-state index in [1.54, 1.807) is 6.92 Å². The van der Waals surface area contributed by atoms with E-state index < -0.39 is 29.6 Å². The van der Waals surface area contributed by atoms with E-state index in [4.69, 9.17) is 16.7 Å². The fourth-order valence-electron chi connectivity index (χ4n) is 3.23. The number of hydrogen-bond donors (Lipinski definition) is 3. The average Bonchev–Trinajstić information content (AvgIpc) is 2.94. The summed E-state index contributed by atoms with van der Waals surface area (Å²) in [5.74, 6) is -3.08. The highest BCUT2D eigenvalue weighted by Crippen LogP contribution is 2.30. The van der Waals surface area contributed by atoms with Crippen molar-refractivity contribution in [2.24, 2.45) is 0 Å². The molecule has 1 aromatic heterocycles. The largest absolute Gasteiger partial charge is 0.508 e. The first kappa shape index (κ1) is 21.3. The number of carboxylic acids is 1. The molecule has 3 rings (SSSR count). The lowest BCUT2D eigenvalue weighted by Gasteiger charge is -2.10. The zero-order valence-electron chi connectivity index (χ0n) is 16.1. The fourth-order valence-corrected chi connectivity index (χ4v) is 3.35. The molecule has 0 aliphatic heterocycles. The molecular formula is C21H18ClFN2O5. The highest BCUT2D eigenvalue weighted by atomic mass is 35.5. The summed E-state index contributed by atoms with van der Waals surface area (Å²) in [6.45, 7) is 2.95. The van der Waals surface area contributed by atoms with Crippen LogP contribution in [0.15, 0.2) is 36.4 Å². The second-order valence-corrected chi connectivity index (χ2v) is 7.25. The van der Waals surface area contributed by atoms with Gasteiger partial charge in [-0.15, -0.1) is 0 Å². The number of hydrogen-bond acceptors (Lipinski definition) is 4. The van der Waals surface area contributed by atoms with E-state index in [1.807, 2.05) is 0 Å². The topological polar surface area (TPSA) is 109 Å². The average molecular weight is 433 g/mol. The van der Waals surface area contributed by atoms with Crippen LogP contribution < -0.4 is 5.32 Å². The monoisotopic (exact) mass is 432 g/mol. The first-order valence-electron chi connectivity index (χ1n) is 8.95. The van der Waals surface area contributed by atoms with Crippen molar-refractivity contribution in [1.82, 2.24) is 9.88 Å². The van der Waals surface area contributed by atoms with Gasteiger partial charge in [-0.05, 0) is 55.8 Å². The van der Waals surface area contributed by atoms with Crippen molar-refractivity contribution in [1.29, 1.82) is 0 Å². The van der Waals surface area contributed by atoms with Gasteiger partial charge in [-0.2, -0.15) is 0 Å². The zero-order chi connectivity index (χ0) is 22.2. The second kappa shape index (κ2) is 8.16. The summed E-state index contributed by atoms with van der Waals surface area (Å²) in [5.41, 5.74) is 1.33. The molecule has 156 valence electrons. The van der Waals surface area contributed by atoms with Crippen molar-refractivity contribution in [3.05, 3.63) is 64.1 Å². The molecule has 0 saturated heterocycles. The predicted molar refractivity (Wildman–Crippen MR) is 108 cm³/mol. The summed E-state index contributed by atoms with van der Waals surface area (Å²) in [4.78, 5) is 36.4. The number of nitrogens with zero attached hydrogens (tertiary/aromatic N) is 1. The summed E-state index contributed by atoms with van der Waals surface area (Å²) in [6.07, 6.45) is -0.210. The minimum Gasteiger partial charge on any atom is -0.508 e. The first-order valence-corrected chi connectivity index (χ1v) is 9.32. The van der Waals surface area contributed by atoms with Crippen molar-refractivity contribution >= 4 is 40.3 Å². The molecule has 0 radical (unpaired) electrons. The number of aromatic nitrogens is 1. The molecule has 1 atom stereocenters. The number of phenols is 1. The van der Waals surface area contributed by atoms with Gasteiger partial charge < -0.3 is 15.5 Å². The normalized spacial score (nSPS) is 12.0. The predicted octanol–water partition coefficient (Wildman–Crippen LogP) is 3.27. The fraction of sp³-hybridized carbons (Fsp3) is 0.190. The Bertz CT molecular complexity index is 1190. The van der Waals surface area contributed by atoms with Crippen LogP contribution in [0.5, 0.6) is 5.75 Å². The first-order chi connectivity index (χ1) is 14.1. The Labute approximate surface area is 175 Å². The van der Waals surface area contributed by atoms with Crippen LogP contribution in [0.4, 0.5) is 4.39 Å². The van der Waals surface area contributed by atoms with Crippen LogP contribution in [-0.2, 0) is 16.0 Å². The van der Waals surface area contributed by atoms with E-state index in [2.05, 4.69) is 5.32 Å². The number of carboxylic acid groups (broad SMARTS) is 1. The van der Waals surface area contributed by atoms with Gasteiger partial charge in [0.1, 0.15) is 17.6 Å². The highest BCUT2D eigenvalue weighted by Gasteiger charge is 2.23. The number of phenolic OH excluding ortho intramolecular Hbond substituents is 1. The van der Waals surface area contributed by atoms with Gasteiger partial charge in [0.05, 0.1) is 17.0 Å². The van der Waals surface area contributed by atoms with Crippen molar-refractivity contribution in [3.8, 4) is 5.75 Å². The number of aliphatic carboxylic acids is 1. The molecule has 2 aromatic carbocycles. The summed E-state index contributed by atoms with van der Waals surface area (Å²) in [7, 11) is 0. The Morgan fingerprint density at radius 3 is 2.53 bits per heavy atom. The molecule has 0 aliphatic carbocycles. The van der Waals surface area contributed by atoms with Gasteiger partial charge in [0.25, 0.3) is 5.91 Å². The molecular weight excluding hydrogens is 415 g/mol. The third-order valence-electron chi connectivity index (χ3n) is 4.77. The SMILES string of the molecule is Cc1c(CC(=O)NC(C)C(=O)O)c2cc(O)ccc2n1C(=O)c1ccc(Cl)c(F)c1. The van der Waals surface area contributed by atoms with Gasteiger partial charge in [-0.3, -0.25) is 19.0 Å². The van der Waals surface area contributed by atoms with Crippen LogP contribution in [0.3, 0.4) is 0 Å². The smallest absolute Gasteiger partial charge is 0.325 e. The summed E-state index contributed by atoms with van der Waals surface area (Å²) >= 11 is 5.69. The molecule has 1 heterocycles. The summed E-state index contributed by atoms with van der Waals surface area (Å²) < 4.78 is 15.2. The Hall–Kier alpha value is -3.39. The maximum atomic E-state index is 13.9. The number of nitrogens with one attached hydrogen (secondary N) is 1. The Kier molecular flexibility index (Phi) is 5.80. The minimum atomic E-state index is -1.18. The molecule has 0 bridgehead atoms. The van der Waals surface area contributed by atoms with Gasteiger partial charge in [-0.25, -0.2) is 4.39 Å². The number of aromatic hydroxyl groups is 1. The van der Waals surface area contributed by atoms with Crippen LogP contribution in [0.1, 0.15) is 28.5 Å². The van der Waals surface area contributed by atoms with E-state index in [1.165, 1.54) is 41.8 Å². The number of carbonyl (C=O) groups is 3. The second-order valence-electron chi connectivity index (χ2n) is 6.84. The van der Waals surface area contributed by atoms with Gasteiger partial charge >= 0.3 is 5.97 Å². The number of amides is 1. The molecule has 30 heavy (non-hydrogen) atoms. The van der Waals surface area contributed by atoms with Crippen LogP contribution in [0.25, 0.3) is 10.9 Å². The third-order valence-corrected chi connectivity index (χ3v) is 5.08. The maximum Gasteiger partial charge on any atom is 0.325 e. The molecule has 9 heteroatoms. The molecule has 0 saturated carbocycles. The molecule has 1 unspecified atom stereocenters. The molecule has 0 aliphatic rings.